The van der Waals surface area contributed by atoms with Crippen molar-refractivity contribution in [2.45, 2.75) is 32.2 Å². The first kappa shape index (κ1) is 27.2. The van der Waals surface area contributed by atoms with Crippen LogP contribution in [0.15, 0.2) is 109 Å². The summed E-state index contributed by atoms with van der Waals surface area (Å²) in [4.78, 5) is 1.27. The molecule has 0 saturated carbocycles. The van der Waals surface area contributed by atoms with Gasteiger partial charge in [-0.1, -0.05) is 93.6 Å². The van der Waals surface area contributed by atoms with Crippen LogP contribution in [0.5, 0.6) is 5.75 Å². The van der Waals surface area contributed by atoms with Crippen LogP contribution in [-0.4, -0.2) is 28.6 Å². The lowest BCUT2D eigenvalue weighted by Crippen LogP contribution is -2.66. The van der Waals surface area contributed by atoms with Crippen LogP contribution in [0.4, 0.5) is 5.69 Å². The van der Waals surface area contributed by atoms with E-state index in [2.05, 4.69) is 135 Å². The van der Waals surface area contributed by atoms with Crippen molar-refractivity contribution in [2.75, 3.05) is 25.6 Å². The molecule has 200 valence electrons. The molecular formula is C34H37NO2SSi. The summed E-state index contributed by atoms with van der Waals surface area (Å²) in [5.41, 5.74) is 2.35. The maximum absolute atomic E-state index is 7.00. The minimum Gasteiger partial charge on any atom is -0.493 e. The van der Waals surface area contributed by atoms with Gasteiger partial charge in [0.05, 0.1) is 6.61 Å². The number of ether oxygens (including phenoxy) is 1. The van der Waals surface area contributed by atoms with Crippen LogP contribution < -0.4 is 20.4 Å². The molecule has 0 amide bonds. The van der Waals surface area contributed by atoms with Crippen molar-refractivity contribution in [2.24, 2.45) is 0 Å². The van der Waals surface area contributed by atoms with Gasteiger partial charge in [0.25, 0.3) is 8.32 Å². The summed E-state index contributed by atoms with van der Waals surface area (Å²) in [7, 11) is -0.566. The zero-order valence-corrected chi connectivity index (χ0v) is 25.1. The number of benzene rings is 4. The quantitative estimate of drug-likeness (QED) is 0.141. The second kappa shape index (κ2) is 11.8. The Morgan fingerprint density at radius 3 is 1.97 bits per heavy atom. The Kier molecular flexibility index (Phi) is 8.22. The topological polar surface area (TPSA) is 30.5 Å². The normalized spacial score (nSPS) is 12.0. The van der Waals surface area contributed by atoms with E-state index in [9.17, 15) is 0 Å². The predicted molar refractivity (Wildman–Crippen MR) is 170 cm³/mol. The number of hydrogen-bond donors (Lipinski definition) is 1. The van der Waals surface area contributed by atoms with E-state index in [1.54, 1.807) is 11.3 Å². The van der Waals surface area contributed by atoms with Gasteiger partial charge in [-0.2, -0.15) is 0 Å². The molecule has 5 aromatic rings. The first-order chi connectivity index (χ1) is 18.9. The van der Waals surface area contributed by atoms with Gasteiger partial charge in [-0.15, -0.1) is 11.3 Å². The fourth-order valence-corrected chi connectivity index (χ4v) is 11.0. The number of thiophene rings is 1. The lowest BCUT2D eigenvalue weighted by molar-refractivity contribution is 0.238. The average molecular weight is 552 g/mol. The van der Waals surface area contributed by atoms with Crippen molar-refractivity contribution < 1.29 is 9.16 Å². The molecule has 1 heterocycles. The third kappa shape index (κ3) is 5.81. The molecule has 0 unspecified atom stereocenters. The van der Waals surface area contributed by atoms with Crippen molar-refractivity contribution in [1.82, 2.24) is 0 Å². The molecule has 5 heteroatoms. The minimum atomic E-state index is -2.51. The Morgan fingerprint density at radius 2 is 1.38 bits per heavy atom. The zero-order valence-electron chi connectivity index (χ0n) is 23.2. The van der Waals surface area contributed by atoms with E-state index in [0.29, 0.717) is 13.2 Å². The molecule has 4 aromatic carbocycles. The van der Waals surface area contributed by atoms with E-state index in [0.717, 1.165) is 17.9 Å². The molecular weight excluding hydrogens is 515 g/mol. The standard InChI is InChI=1S/C34H37NO2SSi/c1-34(2,3)39(30-12-7-5-8-13-30,31-14-9-6-10-15-31)37-23-11-22-36-29-21-18-27-24-32(38-33(27)25-29)26-16-19-28(35-4)20-17-26/h5-10,12-21,24-25,35H,11,22-23H2,1-4H3. The minimum absolute atomic E-state index is 0.0220. The molecule has 0 aliphatic carbocycles. The van der Waals surface area contributed by atoms with Crippen LogP contribution in [0.25, 0.3) is 20.5 Å². The first-order valence-electron chi connectivity index (χ1n) is 13.6. The van der Waals surface area contributed by atoms with Gasteiger partial charge in [0.2, 0.25) is 0 Å². The Labute approximate surface area is 237 Å². The Bertz CT molecular complexity index is 1450. The summed E-state index contributed by atoms with van der Waals surface area (Å²) in [6.07, 6.45) is 0.829. The number of fused-ring (bicyclic) bond motifs is 1. The smallest absolute Gasteiger partial charge is 0.261 e. The largest absolute Gasteiger partial charge is 0.493 e. The highest BCUT2D eigenvalue weighted by Crippen LogP contribution is 2.37. The van der Waals surface area contributed by atoms with Crippen molar-refractivity contribution >= 4 is 45.8 Å². The molecule has 0 bridgehead atoms. The van der Waals surface area contributed by atoms with E-state index in [4.69, 9.17) is 9.16 Å². The van der Waals surface area contributed by atoms with Gasteiger partial charge in [0.15, 0.2) is 0 Å². The fraction of sp³-hybridized carbons (Fsp3) is 0.235. The molecule has 1 aromatic heterocycles. The summed E-state index contributed by atoms with van der Waals surface area (Å²) in [6.45, 7) is 8.22. The maximum atomic E-state index is 7.00. The first-order valence-corrected chi connectivity index (χ1v) is 16.3. The van der Waals surface area contributed by atoms with Crippen LogP contribution in [0.3, 0.4) is 0 Å². The summed E-state index contributed by atoms with van der Waals surface area (Å²) in [5, 5.41) is 7.02. The van der Waals surface area contributed by atoms with Gasteiger partial charge in [-0.25, -0.2) is 0 Å². The second-order valence-corrected chi connectivity index (χ2v) is 16.2. The summed E-state index contributed by atoms with van der Waals surface area (Å²) in [6, 6.07) is 38.8. The Morgan fingerprint density at radius 1 is 0.744 bits per heavy atom. The third-order valence-corrected chi connectivity index (χ3v) is 13.4. The highest BCUT2D eigenvalue weighted by Gasteiger charge is 2.49. The summed E-state index contributed by atoms with van der Waals surface area (Å²) >= 11 is 1.80. The predicted octanol–water partition coefficient (Wildman–Crippen LogP) is 7.96. The van der Waals surface area contributed by atoms with Crippen molar-refractivity contribution in [3.8, 4) is 16.2 Å². The molecule has 0 aliphatic rings. The number of hydrogen-bond acceptors (Lipinski definition) is 4. The second-order valence-electron chi connectivity index (χ2n) is 10.9. The summed E-state index contributed by atoms with van der Waals surface area (Å²) in [5.74, 6) is 0.909. The molecule has 3 nitrogen and oxygen atoms in total. The van der Waals surface area contributed by atoms with Crippen LogP contribution in [0, 0.1) is 0 Å². The highest BCUT2D eigenvalue weighted by atomic mass is 32.1. The lowest BCUT2D eigenvalue weighted by atomic mass is 10.1. The molecule has 0 atom stereocenters. The van der Waals surface area contributed by atoms with Gasteiger partial charge in [-0.3, -0.25) is 0 Å². The van der Waals surface area contributed by atoms with E-state index >= 15 is 0 Å². The van der Waals surface area contributed by atoms with Crippen molar-refractivity contribution in [3.63, 3.8) is 0 Å². The van der Waals surface area contributed by atoms with Crippen molar-refractivity contribution in [1.29, 1.82) is 0 Å². The van der Waals surface area contributed by atoms with E-state index in [1.165, 1.54) is 30.9 Å². The molecule has 5 rings (SSSR count). The lowest BCUT2D eigenvalue weighted by Gasteiger charge is -2.43. The van der Waals surface area contributed by atoms with Crippen LogP contribution in [0.1, 0.15) is 27.2 Å². The zero-order chi connectivity index (χ0) is 27.3. The fourth-order valence-electron chi connectivity index (χ4n) is 5.28. The highest BCUT2D eigenvalue weighted by molar-refractivity contribution is 7.22. The Hall–Kier alpha value is -3.38. The maximum Gasteiger partial charge on any atom is 0.261 e. The van der Waals surface area contributed by atoms with E-state index < -0.39 is 8.32 Å². The monoisotopic (exact) mass is 551 g/mol. The molecule has 0 spiro atoms. The molecule has 0 aliphatic heterocycles. The van der Waals surface area contributed by atoms with Crippen LogP contribution >= 0.6 is 11.3 Å². The number of nitrogens with one attached hydrogen (secondary N) is 1. The van der Waals surface area contributed by atoms with Crippen molar-refractivity contribution in [3.05, 3.63) is 109 Å². The molecule has 0 fully saturated rings. The molecule has 1 N–H and O–H groups in total. The third-order valence-electron chi connectivity index (χ3n) is 7.24. The average Bonchev–Trinajstić information content (AvgIpc) is 3.39. The molecule has 39 heavy (non-hydrogen) atoms. The van der Waals surface area contributed by atoms with Gasteiger partial charge < -0.3 is 14.5 Å². The van der Waals surface area contributed by atoms with Crippen LogP contribution in [0.2, 0.25) is 5.04 Å². The Balaban J connectivity index is 1.26. The SMILES string of the molecule is CNc1ccc(-c2cc3ccc(OCCCO[Si](c4ccccc4)(c4ccccc4)C(C)(C)C)cc3s2)cc1. The van der Waals surface area contributed by atoms with Gasteiger partial charge in [0, 0.05) is 35.3 Å². The molecule has 0 saturated heterocycles. The van der Waals surface area contributed by atoms with Crippen LogP contribution in [-0.2, 0) is 4.43 Å². The van der Waals surface area contributed by atoms with Gasteiger partial charge in [-0.05, 0) is 62.8 Å². The van der Waals surface area contributed by atoms with E-state index in [-0.39, 0.29) is 5.04 Å². The molecule has 0 radical (unpaired) electrons. The number of rotatable bonds is 10. The van der Waals surface area contributed by atoms with Gasteiger partial charge >= 0.3 is 0 Å². The number of anilines is 1. The van der Waals surface area contributed by atoms with E-state index in [1.807, 2.05) is 7.05 Å². The summed E-state index contributed by atoms with van der Waals surface area (Å²) < 4.78 is 14.4. The van der Waals surface area contributed by atoms with Gasteiger partial charge in [0.1, 0.15) is 5.75 Å².